The zero-order chi connectivity index (χ0) is 9.68. The molecule has 0 amide bonds. The monoisotopic (exact) mass is 180 g/mol. The summed E-state index contributed by atoms with van der Waals surface area (Å²) >= 11 is 0. The van der Waals surface area contributed by atoms with Crippen LogP contribution in [-0.4, -0.2) is 22.9 Å². The Kier molecular flexibility index (Phi) is 3.93. The van der Waals surface area contributed by atoms with E-state index in [0.717, 1.165) is 5.56 Å². The highest BCUT2D eigenvalue weighted by molar-refractivity contribution is 5.20. The standard InChI is InChI=1S/C11H16O2/c1-9(13)11(7-8-12)10-5-3-2-4-6-10/h2-6,9,11-13H,7-8H2,1H3/t9-,11?/m1/s1. The summed E-state index contributed by atoms with van der Waals surface area (Å²) in [6.07, 6.45) is 0.205. The molecule has 0 fully saturated rings. The van der Waals surface area contributed by atoms with Crippen molar-refractivity contribution in [1.29, 1.82) is 0 Å². The van der Waals surface area contributed by atoms with Crippen LogP contribution in [0.25, 0.3) is 0 Å². The summed E-state index contributed by atoms with van der Waals surface area (Å²) < 4.78 is 0. The minimum Gasteiger partial charge on any atom is -0.396 e. The Balaban J connectivity index is 2.76. The fraction of sp³-hybridized carbons (Fsp3) is 0.455. The molecule has 1 unspecified atom stereocenters. The molecule has 1 rings (SSSR count). The van der Waals surface area contributed by atoms with Gasteiger partial charge in [-0.15, -0.1) is 0 Å². The van der Waals surface area contributed by atoms with Gasteiger partial charge in [-0.3, -0.25) is 0 Å². The van der Waals surface area contributed by atoms with E-state index in [0.29, 0.717) is 6.42 Å². The summed E-state index contributed by atoms with van der Waals surface area (Å²) in [6, 6.07) is 9.80. The van der Waals surface area contributed by atoms with Crippen molar-refractivity contribution < 1.29 is 10.2 Å². The van der Waals surface area contributed by atoms with E-state index in [2.05, 4.69) is 0 Å². The summed E-state index contributed by atoms with van der Waals surface area (Å²) in [4.78, 5) is 0. The highest BCUT2D eigenvalue weighted by Gasteiger charge is 2.15. The van der Waals surface area contributed by atoms with Crippen molar-refractivity contribution >= 4 is 0 Å². The van der Waals surface area contributed by atoms with Crippen LogP contribution in [0, 0.1) is 0 Å². The maximum Gasteiger partial charge on any atom is 0.0581 e. The van der Waals surface area contributed by atoms with E-state index in [-0.39, 0.29) is 12.5 Å². The van der Waals surface area contributed by atoms with Gasteiger partial charge in [-0.25, -0.2) is 0 Å². The molecule has 13 heavy (non-hydrogen) atoms. The number of hydrogen-bond acceptors (Lipinski definition) is 2. The molecular weight excluding hydrogens is 164 g/mol. The van der Waals surface area contributed by atoms with Crippen molar-refractivity contribution in [3.8, 4) is 0 Å². The Morgan fingerprint density at radius 1 is 1.23 bits per heavy atom. The van der Waals surface area contributed by atoms with Gasteiger partial charge in [0.15, 0.2) is 0 Å². The van der Waals surface area contributed by atoms with Crippen molar-refractivity contribution in [3.63, 3.8) is 0 Å². The van der Waals surface area contributed by atoms with Gasteiger partial charge in [0.2, 0.25) is 0 Å². The topological polar surface area (TPSA) is 40.5 Å². The Labute approximate surface area is 78.8 Å². The zero-order valence-electron chi connectivity index (χ0n) is 7.85. The smallest absolute Gasteiger partial charge is 0.0581 e. The molecule has 72 valence electrons. The first-order valence-corrected chi connectivity index (χ1v) is 4.59. The summed E-state index contributed by atoms with van der Waals surface area (Å²) in [5.41, 5.74) is 1.09. The minimum atomic E-state index is -0.408. The van der Waals surface area contributed by atoms with Crippen molar-refractivity contribution in [2.75, 3.05) is 6.61 Å². The van der Waals surface area contributed by atoms with E-state index in [1.54, 1.807) is 6.92 Å². The van der Waals surface area contributed by atoms with Gasteiger partial charge in [0.25, 0.3) is 0 Å². The molecular formula is C11H16O2. The molecule has 1 aromatic rings. The van der Waals surface area contributed by atoms with Crippen LogP contribution in [0.1, 0.15) is 24.8 Å². The van der Waals surface area contributed by atoms with Gasteiger partial charge in [-0.2, -0.15) is 0 Å². The quantitative estimate of drug-likeness (QED) is 0.737. The van der Waals surface area contributed by atoms with Crippen molar-refractivity contribution in [1.82, 2.24) is 0 Å². The van der Waals surface area contributed by atoms with E-state index in [1.165, 1.54) is 0 Å². The highest BCUT2D eigenvalue weighted by atomic mass is 16.3. The predicted molar refractivity (Wildman–Crippen MR) is 52.6 cm³/mol. The summed E-state index contributed by atoms with van der Waals surface area (Å²) in [5.74, 6) is 0.0474. The van der Waals surface area contributed by atoms with Crippen molar-refractivity contribution in [2.45, 2.75) is 25.4 Å². The van der Waals surface area contributed by atoms with E-state index in [1.807, 2.05) is 30.3 Å². The molecule has 0 saturated carbocycles. The molecule has 2 N–H and O–H groups in total. The highest BCUT2D eigenvalue weighted by Crippen LogP contribution is 2.22. The second kappa shape index (κ2) is 5.00. The lowest BCUT2D eigenvalue weighted by Crippen LogP contribution is -2.15. The Bertz CT molecular complexity index is 231. The third kappa shape index (κ3) is 2.83. The molecule has 0 spiro atoms. The first kappa shape index (κ1) is 10.2. The molecule has 0 saturated heterocycles. The fourth-order valence-electron chi connectivity index (χ4n) is 1.53. The van der Waals surface area contributed by atoms with Crippen molar-refractivity contribution in [3.05, 3.63) is 35.9 Å². The first-order valence-electron chi connectivity index (χ1n) is 4.59. The van der Waals surface area contributed by atoms with Crippen LogP contribution >= 0.6 is 0 Å². The van der Waals surface area contributed by atoms with Gasteiger partial charge in [-0.05, 0) is 18.9 Å². The number of benzene rings is 1. The molecule has 0 aliphatic heterocycles. The summed E-state index contributed by atoms with van der Waals surface area (Å²) in [6.45, 7) is 1.87. The second-order valence-electron chi connectivity index (χ2n) is 3.27. The van der Waals surface area contributed by atoms with Gasteiger partial charge in [0.1, 0.15) is 0 Å². The predicted octanol–water partition coefficient (Wildman–Crippen LogP) is 1.53. The van der Waals surface area contributed by atoms with Crippen LogP contribution in [0.15, 0.2) is 30.3 Å². The van der Waals surface area contributed by atoms with Crippen LogP contribution in [0.5, 0.6) is 0 Å². The molecule has 2 nitrogen and oxygen atoms in total. The van der Waals surface area contributed by atoms with E-state index >= 15 is 0 Å². The zero-order valence-corrected chi connectivity index (χ0v) is 7.85. The van der Waals surface area contributed by atoms with Gasteiger partial charge < -0.3 is 10.2 Å². The van der Waals surface area contributed by atoms with Gasteiger partial charge in [0, 0.05) is 12.5 Å². The third-order valence-electron chi connectivity index (χ3n) is 2.25. The van der Waals surface area contributed by atoms with E-state index in [4.69, 9.17) is 5.11 Å². The Hall–Kier alpha value is -0.860. The average molecular weight is 180 g/mol. The van der Waals surface area contributed by atoms with E-state index < -0.39 is 6.10 Å². The largest absolute Gasteiger partial charge is 0.396 e. The lowest BCUT2D eigenvalue weighted by molar-refractivity contribution is 0.142. The van der Waals surface area contributed by atoms with Crippen LogP contribution in [0.2, 0.25) is 0 Å². The van der Waals surface area contributed by atoms with Crippen LogP contribution < -0.4 is 0 Å². The molecule has 1 aromatic carbocycles. The van der Waals surface area contributed by atoms with E-state index in [9.17, 15) is 5.11 Å². The fourth-order valence-corrected chi connectivity index (χ4v) is 1.53. The SMILES string of the molecule is C[C@@H](O)C(CCO)c1ccccc1. The van der Waals surface area contributed by atoms with Crippen LogP contribution in [0.3, 0.4) is 0 Å². The van der Waals surface area contributed by atoms with Crippen LogP contribution in [0.4, 0.5) is 0 Å². The van der Waals surface area contributed by atoms with Gasteiger partial charge in [-0.1, -0.05) is 30.3 Å². The number of aliphatic hydroxyl groups excluding tert-OH is 2. The van der Waals surface area contributed by atoms with Crippen LogP contribution in [-0.2, 0) is 0 Å². The van der Waals surface area contributed by atoms with Crippen molar-refractivity contribution in [2.24, 2.45) is 0 Å². The Morgan fingerprint density at radius 3 is 2.31 bits per heavy atom. The lowest BCUT2D eigenvalue weighted by atomic mass is 9.91. The molecule has 0 heterocycles. The normalized spacial score (nSPS) is 15.3. The third-order valence-corrected chi connectivity index (χ3v) is 2.25. The number of aliphatic hydroxyl groups is 2. The lowest BCUT2D eigenvalue weighted by Gasteiger charge is -2.18. The molecule has 0 aliphatic rings. The molecule has 0 bridgehead atoms. The molecule has 0 aromatic heterocycles. The number of hydrogen-bond donors (Lipinski definition) is 2. The summed E-state index contributed by atoms with van der Waals surface area (Å²) in [7, 11) is 0. The van der Waals surface area contributed by atoms with Gasteiger partial charge in [0.05, 0.1) is 6.10 Å². The maximum absolute atomic E-state index is 9.49. The molecule has 2 atom stereocenters. The second-order valence-corrected chi connectivity index (χ2v) is 3.27. The first-order chi connectivity index (χ1) is 6.25. The molecule has 0 aliphatic carbocycles. The molecule has 2 heteroatoms. The average Bonchev–Trinajstić information content (AvgIpc) is 2.15. The van der Waals surface area contributed by atoms with Gasteiger partial charge >= 0.3 is 0 Å². The minimum absolute atomic E-state index is 0.0474. The molecule has 0 radical (unpaired) electrons. The number of rotatable bonds is 4. The maximum atomic E-state index is 9.49. The Morgan fingerprint density at radius 2 is 1.85 bits per heavy atom. The summed E-state index contributed by atoms with van der Waals surface area (Å²) in [5, 5.41) is 18.3.